The van der Waals surface area contributed by atoms with Crippen molar-refractivity contribution in [3.8, 4) is 0 Å². The van der Waals surface area contributed by atoms with Gasteiger partial charge in [-0.15, -0.1) is 0 Å². The predicted molar refractivity (Wildman–Crippen MR) is 96.5 cm³/mol. The molecule has 0 aromatic carbocycles. The first-order valence-corrected chi connectivity index (χ1v) is 8.96. The van der Waals surface area contributed by atoms with E-state index in [0.717, 1.165) is 63.1 Å². The van der Waals surface area contributed by atoms with Gasteiger partial charge in [-0.05, 0) is 50.8 Å². The molecule has 2 N–H and O–H groups in total. The van der Waals surface area contributed by atoms with Crippen LogP contribution in [0, 0.1) is 5.41 Å². The van der Waals surface area contributed by atoms with Crippen molar-refractivity contribution in [3.05, 3.63) is 48.3 Å². The molecule has 134 valence electrons. The SMILES string of the molecule is Cn1cncc1CN1CCCC(CCCc2ccccn2)(C(N)=O)C1. The third kappa shape index (κ3) is 4.25. The van der Waals surface area contributed by atoms with Crippen LogP contribution in [0.5, 0.6) is 0 Å². The average molecular weight is 341 g/mol. The second-order valence-electron chi connectivity index (χ2n) is 7.13. The standard InChI is InChI=1S/C19H27N5O/c1-23-15-21-12-17(23)13-24-11-5-9-19(14-24,18(20)25)8-4-7-16-6-2-3-10-22-16/h2-3,6,10,12,15H,4-5,7-9,11,13-14H2,1H3,(H2,20,25). The van der Waals surface area contributed by atoms with Crippen LogP contribution in [0.25, 0.3) is 0 Å². The molecule has 2 aromatic rings. The van der Waals surface area contributed by atoms with Crippen LogP contribution in [0.2, 0.25) is 0 Å². The lowest BCUT2D eigenvalue weighted by atomic mass is 9.75. The van der Waals surface area contributed by atoms with Crippen LogP contribution in [0.4, 0.5) is 0 Å². The van der Waals surface area contributed by atoms with Gasteiger partial charge in [-0.25, -0.2) is 4.98 Å². The molecule has 1 aliphatic heterocycles. The van der Waals surface area contributed by atoms with Gasteiger partial charge in [-0.2, -0.15) is 0 Å². The Morgan fingerprint density at radius 3 is 2.96 bits per heavy atom. The zero-order valence-electron chi connectivity index (χ0n) is 14.9. The van der Waals surface area contributed by atoms with Crippen molar-refractivity contribution < 1.29 is 4.79 Å². The number of rotatable bonds is 7. The number of piperidine rings is 1. The highest BCUT2D eigenvalue weighted by atomic mass is 16.1. The van der Waals surface area contributed by atoms with E-state index in [9.17, 15) is 4.79 Å². The van der Waals surface area contributed by atoms with E-state index < -0.39 is 5.41 Å². The van der Waals surface area contributed by atoms with Gasteiger partial charge in [0.25, 0.3) is 0 Å². The number of aryl methyl sites for hydroxylation is 2. The van der Waals surface area contributed by atoms with Crippen LogP contribution in [0.3, 0.4) is 0 Å². The zero-order valence-corrected chi connectivity index (χ0v) is 14.9. The van der Waals surface area contributed by atoms with Crippen molar-refractivity contribution in [2.45, 2.75) is 38.6 Å². The van der Waals surface area contributed by atoms with Gasteiger partial charge in [-0.3, -0.25) is 14.7 Å². The fraction of sp³-hybridized carbons (Fsp3) is 0.526. The maximum absolute atomic E-state index is 12.3. The summed E-state index contributed by atoms with van der Waals surface area (Å²) in [4.78, 5) is 23.2. The first-order chi connectivity index (χ1) is 12.1. The van der Waals surface area contributed by atoms with E-state index in [1.165, 1.54) is 0 Å². The van der Waals surface area contributed by atoms with Gasteiger partial charge >= 0.3 is 0 Å². The number of aromatic nitrogens is 3. The van der Waals surface area contributed by atoms with Gasteiger partial charge in [-0.1, -0.05) is 6.07 Å². The van der Waals surface area contributed by atoms with Crippen LogP contribution in [0.1, 0.15) is 37.1 Å². The third-order valence-corrected chi connectivity index (χ3v) is 5.30. The van der Waals surface area contributed by atoms with Gasteiger partial charge in [0.05, 0.1) is 17.4 Å². The Bertz CT molecular complexity index is 699. The van der Waals surface area contributed by atoms with Gasteiger partial charge in [0.1, 0.15) is 0 Å². The second kappa shape index (κ2) is 7.78. The Balaban J connectivity index is 1.62. The van der Waals surface area contributed by atoms with Crippen molar-refractivity contribution in [3.63, 3.8) is 0 Å². The summed E-state index contributed by atoms with van der Waals surface area (Å²) in [7, 11) is 2.00. The Kier molecular flexibility index (Phi) is 5.48. The van der Waals surface area contributed by atoms with E-state index in [-0.39, 0.29) is 5.91 Å². The second-order valence-corrected chi connectivity index (χ2v) is 7.13. The summed E-state index contributed by atoms with van der Waals surface area (Å²) in [6, 6.07) is 5.96. The summed E-state index contributed by atoms with van der Waals surface area (Å²) in [5.74, 6) is -0.164. The molecule has 3 rings (SSSR count). The van der Waals surface area contributed by atoms with Gasteiger partial charge in [0.15, 0.2) is 0 Å². The number of amides is 1. The molecule has 0 aliphatic carbocycles. The normalized spacial score (nSPS) is 21.3. The lowest BCUT2D eigenvalue weighted by Crippen LogP contribution is -2.50. The molecule has 25 heavy (non-hydrogen) atoms. The molecular formula is C19H27N5O. The predicted octanol–water partition coefficient (Wildman–Crippen LogP) is 1.91. The number of carbonyl (C=O) groups is 1. The molecule has 1 unspecified atom stereocenters. The van der Waals surface area contributed by atoms with E-state index in [0.29, 0.717) is 0 Å². The van der Waals surface area contributed by atoms with Gasteiger partial charge < -0.3 is 10.3 Å². The Morgan fingerprint density at radius 2 is 2.28 bits per heavy atom. The summed E-state index contributed by atoms with van der Waals surface area (Å²) in [5.41, 5.74) is 7.66. The lowest BCUT2D eigenvalue weighted by molar-refractivity contribution is -0.131. The molecule has 1 aliphatic rings. The summed E-state index contributed by atoms with van der Waals surface area (Å²) in [6.07, 6.45) is 10.0. The fourth-order valence-electron chi connectivity index (χ4n) is 3.81. The number of primary amides is 1. The Morgan fingerprint density at radius 1 is 1.40 bits per heavy atom. The number of nitrogens with zero attached hydrogens (tertiary/aromatic N) is 4. The van der Waals surface area contributed by atoms with Crippen molar-refractivity contribution in [2.24, 2.45) is 18.2 Å². The van der Waals surface area contributed by atoms with E-state index >= 15 is 0 Å². The largest absolute Gasteiger partial charge is 0.369 e. The molecule has 2 aromatic heterocycles. The van der Waals surface area contributed by atoms with Crippen molar-refractivity contribution >= 4 is 5.91 Å². The average Bonchev–Trinajstić information content (AvgIpc) is 3.01. The number of nitrogens with two attached hydrogens (primary N) is 1. The molecular weight excluding hydrogens is 314 g/mol. The van der Waals surface area contributed by atoms with Crippen LogP contribution in [-0.4, -0.2) is 38.4 Å². The van der Waals surface area contributed by atoms with Crippen LogP contribution >= 0.6 is 0 Å². The monoisotopic (exact) mass is 341 g/mol. The third-order valence-electron chi connectivity index (χ3n) is 5.30. The van der Waals surface area contributed by atoms with E-state index in [4.69, 9.17) is 5.73 Å². The summed E-state index contributed by atoms with van der Waals surface area (Å²) in [6.45, 7) is 2.54. The quantitative estimate of drug-likeness (QED) is 0.834. The molecule has 6 nitrogen and oxygen atoms in total. The summed E-state index contributed by atoms with van der Waals surface area (Å²) in [5, 5.41) is 0. The molecule has 0 spiro atoms. The van der Waals surface area contributed by atoms with Crippen molar-refractivity contribution in [1.82, 2.24) is 19.4 Å². The zero-order chi connectivity index (χ0) is 17.7. The number of carbonyl (C=O) groups excluding carboxylic acids is 1. The smallest absolute Gasteiger partial charge is 0.224 e. The highest BCUT2D eigenvalue weighted by Gasteiger charge is 2.40. The molecule has 1 amide bonds. The van der Waals surface area contributed by atoms with E-state index in [2.05, 4.69) is 14.9 Å². The number of imidazole rings is 1. The number of likely N-dealkylation sites (tertiary alicyclic amines) is 1. The molecule has 3 heterocycles. The molecule has 1 fully saturated rings. The molecule has 0 bridgehead atoms. The minimum Gasteiger partial charge on any atom is -0.369 e. The van der Waals surface area contributed by atoms with E-state index in [1.54, 1.807) is 0 Å². The number of hydrogen-bond donors (Lipinski definition) is 1. The van der Waals surface area contributed by atoms with E-state index in [1.807, 2.05) is 48.5 Å². The molecule has 1 saturated heterocycles. The lowest BCUT2D eigenvalue weighted by Gasteiger charge is -2.41. The minimum absolute atomic E-state index is 0.164. The summed E-state index contributed by atoms with van der Waals surface area (Å²) < 4.78 is 2.03. The molecule has 6 heteroatoms. The van der Waals surface area contributed by atoms with Crippen LogP contribution in [0.15, 0.2) is 36.9 Å². The van der Waals surface area contributed by atoms with Crippen molar-refractivity contribution in [1.29, 1.82) is 0 Å². The first kappa shape index (κ1) is 17.6. The van der Waals surface area contributed by atoms with Gasteiger partial charge in [0, 0.05) is 38.2 Å². The maximum atomic E-state index is 12.3. The maximum Gasteiger partial charge on any atom is 0.224 e. The molecule has 0 radical (unpaired) electrons. The minimum atomic E-state index is -0.425. The van der Waals surface area contributed by atoms with Crippen LogP contribution in [-0.2, 0) is 24.8 Å². The summed E-state index contributed by atoms with van der Waals surface area (Å²) >= 11 is 0. The van der Waals surface area contributed by atoms with Crippen molar-refractivity contribution in [2.75, 3.05) is 13.1 Å². The fourth-order valence-corrected chi connectivity index (χ4v) is 3.81. The van der Waals surface area contributed by atoms with Gasteiger partial charge in [0.2, 0.25) is 5.91 Å². The molecule has 1 atom stereocenters. The first-order valence-electron chi connectivity index (χ1n) is 8.96. The number of pyridine rings is 1. The Hall–Kier alpha value is -2.21. The molecule has 0 saturated carbocycles. The topological polar surface area (TPSA) is 77.0 Å². The Labute approximate surface area is 149 Å². The van der Waals surface area contributed by atoms with Crippen LogP contribution < -0.4 is 5.73 Å². The highest BCUT2D eigenvalue weighted by Crippen LogP contribution is 2.35. The highest BCUT2D eigenvalue weighted by molar-refractivity contribution is 5.81. The number of hydrogen-bond acceptors (Lipinski definition) is 4.